The number of imidazole rings is 1. The van der Waals surface area contributed by atoms with Crippen molar-refractivity contribution in [2.45, 2.75) is 58.2 Å². The van der Waals surface area contributed by atoms with Crippen molar-refractivity contribution in [3.8, 4) is 0 Å². The third kappa shape index (κ3) is 3.03. The first-order chi connectivity index (χ1) is 10.1. The fourth-order valence-electron chi connectivity index (χ4n) is 3.59. The summed E-state index contributed by atoms with van der Waals surface area (Å²) < 4.78 is 2.26. The molecule has 0 spiro atoms. The van der Waals surface area contributed by atoms with E-state index in [0.717, 1.165) is 0 Å². The highest BCUT2D eigenvalue weighted by atomic mass is 15.1. The fourth-order valence-corrected chi connectivity index (χ4v) is 3.59. The standard InChI is InChI=1S/C18H25N3/c1-13-7-8-14(2)16(11-13)15(3)20-17-5-4-6-18(17)21-10-9-19-12-21/h7-12,15,17-18,20H,4-6H2,1-3H3. The van der Waals surface area contributed by atoms with E-state index in [1.165, 1.54) is 36.0 Å². The summed E-state index contributed by atoms with van der Waals surface area (Å²) in [7, 11) is 0. The zero-order valence-electron chi connectivity index (χ0n) is 13.2. The zero-order valence-corrected chi connectivity index (χ0v) is 13.2. The molecule has 1 aliphatic carbocycles. The maximum atomic E-state index is 4.20. The molecule has 1 aromatic heterocycles. The molecule has 3 heteroatoms. The van der Waals surface area contributed by atoms with Crippen LogP contribution in [0, 0.1) is 13.8 Å². The Balaban J connectivity index is 1.74. The van der Waals surface area contributed by atoms with Gasteiger partial charge in [-0.3, -0.25) is 0 Å². The molecule has 1 N–H and O–H groups in total. The van der Waals surface area contributed by atoms with Crippen molar-refractivity contribution < 1.29 is 0 Å². The van der Waals surface area contributed by atoms with E-state index >= 15 is 0 Å². The number of aromatic nitrogens is 2. The summed E-state index contributed by atoms with van der Waals surface area (Å²) in [4.78, 5) is 4.20. The Hall–Kier alpha value is -1.61. The van der Waals surface area contributed by atoms with E-state index in [2.05, 4.69) is 60.0 Å². The lowest BCUT2D eigenvalue weighted by Crippen LogP contribution is -2.35. The molecule has 1 aliphatic rings. The van der Waals surface area contributed by atoms with Gasteiger partial charge in [0.05, 0.1) is 6.33 Å². The maximum absolute atomic E-state index is 4.20. The Morgan fingerprint density at radius 1 is 1.29 bits per heavy atom. The van der Waals surface area contributed by atoms with Crippen LogP contribution in [0.25, 0.3) is 0 Å². The molecule has 3 nitrogen and oxygen atoms in total. The maximum Gasteiger partial charge on any atom is 0.0949 e. The molecule has 3 unspecified atom stereocenters. The van der Waals surface area contributed by atoms with Gasteiger partial charge in [-0.1, -0.05) is 23.8 Å². The average molecular weight is 283 g/mol. The van der Waals surface area contributed by atoms with E-state index in [1.807, 2.05) is 12.5 Å². The minimum absolute atomic E-state index is 0.388. The molecule has 21 heavy (non-hydrogen) atoms. The smallest absolute Gasteiger partial charge is 0.0949 e. The summed E-state index contributed by atoms with van der Waals surface area (Å²) >= 11 is 0. The summed E-state index contributed by atoms with van der Waals surface area (Å²) in [5, 5.41) is 3.85. The van der Waals surface area contributed by atoms with Crippen LogP contribution < -0.4 is 5.32 Å². The molecule has 3 rings (SSSR count). The molecule has 0 radical (unpaired) electrons. The number of aryl methyl sites for hydroxylation is 2. The first-order valence-corrected chi connectivity index (χ1v) is 7.96. The van der Waals surface area contributed by atoms with E-state index in [9.17, 15) is 0 Å². The van der Waals surface area contributed by atoms with Gasteiger partial charge in [-0.2, -0.15) is 0 Å². The summed E-state index contributed by atoms with van der Waals surface area (Å²) in [5.74, 6) is 0. The monoisotopic (exact) mass is 283 g/mol. The summed E-state index contributed by atoms with van der Waals surface area (Å²) in [6, 6.07) is 8.20. The lowest BCUT2D eigenvalue weighted by Gasteiger charge is -2.27. The number of hydrogen-bond acceptors (Lipinski definition) is 2. The van der Waals surface area contributed by atoms with E-state index in [4.69, 9.17) is 0 Å². The highest BCUT2D eigenvalue weighted by Gasteiger charge is 2.29. The quantitative estimate of drug-likeness (QED) is 0.921. The highest BCUT2D eigenvalue weighted by molar-refractivity contribution is 5.32. The molecule has 1 fully saturated rings. The van der Waals surface area contributed by atoms with Gasteiger partial charge in [-0.05, 0) is 51.2 Å². The second-order valence-corrected chi connectivity index (χ2v) is 6.36. The first kappa shape index (κ1) is 14.3. The van der Waals surface area contributed by atoms with E-state index in [1.54, 1.807) is 0 Å². The molecule has 0 bridgehead atoms. The largest absolute Gasteiger partial charge is 0.333 e. The molecule has 1 heterocycles. The van der Waals surface area contributed by atoms with E-state index in [0.29, 0.717) is 18.1 Å². The third-order valence-electron chi connectivity index (χ3n) is 4.75. The lowest BCUT2D eigenvalue weighted by atomic mass is 9.98. The molecule has 0 aliphatic heterocycles. The predicted molar refractivity (Wildman–Crippen MR) is 86.4 cm³/mol. The second kappa shape index (κ2) is 6.02. The molecule has 112 valence electrons. The van der Waals surface area contributed by atoms with Crippen LogP contribution in [0.3, 0.4) is 0 Å². The van der Waals surface area contributed by atoms with Crippen molar-refractivity contribution in [2.75, 3.05) is 0 Å². The molecular formula is C18H25N3. The van der Waals surface area contributed by atoms with Crippen molar-refractivity contribution in [1.29, 1.82) is 0 Å². The van der Waals surface area contributed by atoms with Crippen molar-refractivity contribution in [1.82, 2.24) is 14.9 Å². The van der Waals surface area contributed by atoms with Crippen molar-refractivity contribution >= 4 is 0 Å². The normalized spacial score (nSPS) is 23.4. The Labute approximate surface area is 127 Å². The molecule has 0 amide bonds. The van der Waals surface area contributed by atoms with Gasteiger partial charge in [0.15, 0.2) is 0 Å². The van der Waals surface area contributed by atoms with E-state index in [-0.39, 0.29) is 0 Å². The highest BCUT2D eigenvalue weighted by Crippen LogP contribution is 2.32. The Kier molecular flexibility index (Phi) is 4.11. The molecule has 3 atom stereocenters. The zero-order chi connectivity index (χ0) is 14.8. The predicted octanol–water partition coefficient (Wildman–Crippen LogP) is 3.94. The SMILES string of the molecule is Cc1ccc(C)c(C(C)NC2CCCC2n2ccnc2)c1. The first-order valence-electron chi connectivity index (χ1n) is 7.96. The van der Waals surface area contributed by atoms with Crippen molar-refractivity contribution in [3.63, 3.8) is 0 Å². The summed E-state index contributed by atoms with van der Waals surface area (Å²) in [5.41, 5.74) is 4.13. The van der Waals surface area contributed by atoms with Gasteiger partial charge in [-0.15, -0.1) is 0 Å². The third-order valence-corrected chi connectivity index (χ3v) is 4.75. The van der Waals surface area contributed by atoms with Gasteiger partial charge in [0.1, 0.15) is 0 Å². The van der Waals surface area contributed by atoms with Crippen molar-refractivity contribution in [3.05, 3.63) is 53.6 Å². The number of hydrogen-bond donors (Lipinski definition) is 1. The number of benzene rings is 1. The van der Waals surface area contributed by atoms with Crippen LogP contribution in [0.1, 0.15) is 55.0 Å². The summed E-state index contributed by atoms with van der Waals surface area (Å²) in [6.45, 7) is 6.65. The van der Waals surface area contributed by atoms with Crippen molar-refractivity contribution in [2.24, 2.45) is 0 Å². The van der Waals surface area contributed by atoms with Crippen LogP contribution in [0.5, 0.6) is 0 Å². The molecule has 1 aromatic carbocycles. The number of nitrogens with one attached hydrogen (secondary N) is 1. The van der Waals surface area contributed by atoms with Gasteiger partial charge in [0, 0.05) is 30.5 Å². The Bertz CT molecular complexity index is 589. The van der Waals surface area contributed by atoms with E-state index < -0.39 is 0 Å². The van der Waals surface area contributed by atoms with Crippen LogP contribution in [-0.2, 0) is 0 Å². The number of rotatable bonds is 4. The molecular weight excluding hydrogens is 258 g/mol. The summed E-state index contributed by atoms with van der Waals surface area (Å²) in [6.07, 6.45) is 9.70. The van der Waals surface area contributed by atoms with Crippen LogP contribution in [0.4, 0.5) is 0 Å². The molecule has 2 aromatic rings. The Morgan fingerprint density at radius 3 is 2.90 bits per heavy atom. The topological polar surface area (TPSA) is 29.9 Å². The van der Waals surface area contributed by atoms with Crippen LogP contribution in [-0.4, -0.2) is 15.6 Å². The van der Waals surface area contributed by atoms with Gasteiger partial charge in [0.2, 0.25) is 0 Å². The lowest BCUT2D eigenvalue weighted by molar-refractivity contribution is 0.362. The van der Waals surface area contributed by atoms with Crippen LogP contribution in [0.2, 0.25) is 0 Å². The van der Waals surface area contributed by atoms with Crippen LogP contribution in [0.15, 0.2) is 36.9 Å². The molecule has 1 saturated carbocycles. The minimum atomic E-state index is 0.388. The second-order valence-electron chi connectivity index (χ2n) is 6.36. The fraction of sp³-hybridized carbons (Fsp3) is 0.500. The van der Waals surface area contributed by atoms with Crippen LogP contribution >= 0.6 is 0 Å². The van der Waals surface area contributed by atoms with Gasteiger partial charge in [-0.25, -0.2) is 4.98 Å². The molecule has 0 saturated heterocycles. The van der Waals surface area contributed by atoms with Gasteiger partial charge in [0.25, 0.3) is 0 Å². The Morgan fingerprint density at radius 2 is 2.14 bits per heavy atom. The van der Waals surface area contributed by atoms with Gasteiger partial charge >= 0.3 is 0 Å². The minimum Gasteiger partial charge on any atom is -0.333 e. The average Bonchev–Trinajstić information content (AvgIpc) is 3.11. The van der Waals surface area contributed by atoms with Gasteiger partial charge < -0.3 is 9.88 Å². The number of nitrogens with zero attached hydrogens (tertiary/aromatic N) is 2.